The molecule has 5 nitrogen and oxygen atoms in total. The molecular weight excluding hydrogens is 254 g/mol. The van der Waals surface area contributed by atoms with Crippen molar-refractivity contribution in [3.05, 3.63) is 24.2 Å². The standard InChI is InChI=1S/C12H19NO4S/c1-5-16-11(14)10(9-7-6-8-17-9)13-18(15)12(2,3)4/h6-8,10,13H,5H2,1-4H3/t10-,18-/m0/s1. The van der Waals surface area contributed by atoms with Gasteiger partial charge in [-0.2, -0.15) is 0 Å². The average molecular weight is 273 g/mol. The molecule has 0 amide bonds. The van der Waals surface area contributed by atoms with E-state index in [4.69, 9.17) is 9.15 Å². The van der Waals surface area contributed by atoms with Crippen LogP contribution in [0.4, 0.5) is 0 Å². The minimum absolute atomic E-state index is 0.264. The molecule has 18 heavy (non-hydrogen) atoms. The fraction of sp³-hybridized carbons (Fsp3) is 0.583. The monoisotopic (exact) mass is 273 g/mol. The topological polar surface area (TPSA) is 68.5 Å². The first-order valence-electron chi connectivity index (χ1n) is 5.74. The molecule has 1 heterocycles. The Morgan fingerprint density at radius 1 is 1.56 bits per heavy atom. The zero-order chi connectivity index (χ0) is 13.8. The van der Waals surface area contributed by atoms with Gasteiger partial charge in [0.05, 0.1) is 28.6 Å². The summed E-state index contributed by atoms with van der Waals surface area (Å²) in [6, 6.07) is 2.47. The Morgan fingerprint density at radius 3 is 2.67 bits per heavy atom. The maximum Gasteiger partial charge on any atom is 0.331 e. The van der Waals surface area contributed by atoms with Gasteiger partial charge in [0.25, 0.3) is 0 Å². The van der Waals surface area contributed by atoms with Gasteiger partial charge in [0.2, 0.25) is 0 Å². The minimum Gasteiger partial charge on any atom is -0.467 e. The summed E-state index contributed by atoms with van der Waals surface area (Å²) in [4.78, 5) is 11.8. The smallest absolute Gasteiger partial charge is 0.331 e. The second-order valence-corrected chi connectivity index (χ2v) is 6.70. The predicted octanol–water partition coefficient (Wildman–Crippen LogP) is 1.94. The molecule has 1 aromatic heterocycles. The summed E-state index contributed by atoms with van der Waals surface area (Å²) >= 11 is 0. The highest BCUT2D eigenvalue weighted by molar-refractivity contribution is 7.84. The molecule has 0 aliphatic heterocycles. The van der Waals surface area contributed by atoms with Crippen molar-refractivity contribution < 1.29 is 18.2 Å². The molecule has 1 N–H and O–H groups in total. The summed E-state index contributed by atoms with van der Waals surface area (Å²) in [5.74, 6) is -0.101. The quantitative estimate of drug-likeness (QED) is 0.832. The molecule has 102 valence electrons. The number of carbonyl (C=O) groups excluding carboxylic acids is 1. The van der Waals surface area contributed by atoms with Gasteiger partial charge in [-0.05, 0) is 39.8 Å². The molecule has 6 heteroatoms. The van der Waals surface area contributed by atoms with Crippen LogP contribution in [0.5, 0.6) is 0 Å². The summed E-state index contributed by atoms with van der Waals surface area (Å²) < 4.78 is 24.4. The zero-order valence-electron chi connectivity index (χ0n) is 11.1. The van der Waals surface area contributed by atoms with Crippen LogP contribution >= 0.6 is 0 Å². The van der Waals surface area contributed by atoms with Crippen LogP contribution in [0.2, 0.25) is 0 Å². The summed E-state index contributed by atoms with van der Waals surface area (Å²) in [5, 5.41) is 0. The van der Waals surface area contributed by atoms with Crippen molar-refractivity contribution in [2.45, 2.75) is 38.5 Å². The maximum absolute atomic E-state index is 12.0. The van der Waals surface area contributed by atoms with Crippen LogP contribution < -0.4 is 4.72 Å². The Hall–Kier alpha value is -1.14. The van der Waals surface area contributed by atoms with E-state index >= 15 is 0 Å². The van der Waals surface area contributed by atoms with Crippen molar-refractivity contribution in [1.82, 2.24) is 4.72 Å². The highest BCUT2D eigenvalue weighted by Crippen LogP contribution is 2.19. The maximum atomic E-state index is 12.0. The summed E-state index contributed by atoms with van der Waals surface area (Å²) in [6.45, 7) is 7.44. The molecule has 2 atom stereocenters. The van der Waals surface area contributed by atoms with Crippen LogP contribution in [0.3, 0.4) is 0 Å². The normalized spacial score (nSPS) is 15.1. The van der Waals surface area contributed by atoms with Crippen LogP contribution in [-0.2, 0) is 20.5 Å². The largest absolute Gasteiger partial charge is 0.467 e. The molecule has 0 aliphatic carbocycles. The van der Waals surface area contributed by atoms with E-state index in [-0.39, 0.29) is 6.61 Å². The van der Waals surface area contributed by atoms with Crippen molar-refractivity contribution in [3.8, 4) is 0 Å². The number of hydrogen-bond donors (Lipinski definition) is 1. The van der Waals surface area contributed by atoms with Gasteiger partial charge in [0.15, 0.2) is 6.04 Å². The second kappa shape index (κ2) is 6.15. The first-order valence-corrected chi connectivity index (χ1v) is 6.89. The summed E-state index contributed by atoms with van der Waals surface area (Å²) in [5.41, 5.74) is 0. The average Bonchev–Trinajstić information content (AvgIpc) is 2.77. The highest BCUT2D eigenvalue weighted by atomic mass is 32.2. The van der Waals surface area contributed by atoms with Gasteiger partial charge in [0.1, 0.15) is 5.76 Å². The molecule has 0 radical (unpaired) electrons. The lowest BCUT2D eigenvalue weighted by molar-refractivity contribution is -0.145. The van der Waals surface area contributed by atoms with Crippen molar-refractivity contribution in [1.29, 1.82) is 0 Å². The Morgan fingerprint density at radius 2 is 2.22 bits per heavy atom. The second-order valence-electron chi connectivity index (χ2n) is 4.70. The first-order chi connectivity index (χ1) is 8.36. The third-order valence-corrected chi connectivity index (χ3v) is 3.69. The number of hydrogen-bond acceptors (Lipinski definition) is 4. The lowest BCUT2D eigenvalue weighted by Crippen LogP contribution is -2.39. The Bertz CT molecular complexity index is 408. The van der Waals surface area contributed by atoms with Crippen LogP contribution in [0, 0.1) is 0 Å². The molecule has 1 aromatic rings. The fourth-order valence-corrected chi connectivity index (χ4v) is 1.97. The van der Waals surface area contributed by atoms with Crippen molar-refractivity contribution in [2.24, 2.45) is 0 Å². The van der Waals surface area contributed by atoms with Crippen LogP contribution in [0.15, 0.2) is 22.8 Å². The van der Waals surface area contributed by atoms with Gasteiger partial charge >= 0.3 is 5.97 Å². The van der Waals surface area contributed by atoms with E-state index in [2.05, 4.69) is 4.72 Å². The van der Waals surface area contributed by atoms with Crippen molar-refractivity contribution >= 4 is 17.0 Å². The first kappa shape index (κ1) is 14.9. The Labute approximate surface area is 109 Å². The summed E-state index contributed by atoms with van der Waals surface area (Å²) in [7, 11) is -1.39. The molecule has 0 aromatic carbocycles. The predicted molar refractivity (Wildman–Crippen MR) is 69.1 cm³/mol. The molecule has 0 saturated heterocycles. The zero-order valence-corrected chi connectivity index (χ0v) is 11.9. The number of ether oxygens (including phenoxy) is 1. The van der Waals surface area contributed by atoms with Crippen molar-refractivity contribution in [2.75, 3.05) is 6.61 Å². The van der Waals surface area contributed by atoms with E-state index in [1.165, 1.54) is 6.26 Å². The summed E-state index contributed by atoms with van der Waals surface area (Å²) in [6.07, 6.45) is 1.46. The van der Waals surface area contributed by atoms with Gasteiger partial charge < -0.3 is 9.15 Å². The number of furan rings is 1. The fourth-order valence-electron chi connectivity index (χ4n) is 1.19. The van der Waals surface area contributed by atoms with E-state index in [1.807, 2.05) is 20.8 Å². The van der Waals surface area contributed by atoms with Crippen molar-refractivity contribution in [3.63, 3.8) is 0 Å². The molecule has 0 fully saturated rings. The van der Waals surface area contributed by atoms with E-state index in [1.54, 1.807) is 19.1 Å². The number of rotatable bonds is 5. The van der Waals surface area contributed by atoms with Crippen LogP contribution in [-0.4, -0.2) is 21.5 Å². The van der Waals surface area contributed by atoms with Gasteiger partial charge in [0, 0.05) is 0 Å². The molecule has 1 rings (SSSR count). The molecular formula is C12H19NO4S. The molecule has 0 unspecified atom stereocenters. The molecule has 0 bridgehead atoms. The minimum atomic E-state index is -1.39. The lowest BCUT2D eigenvalue weighted by atomic mass is 10.2. The Balaban J connectivity index is 2.86. The van der Waals surface area contributed by atoms with E-state index in [9.17, 15) is 9.00 Å². The Kier molecular flexibility index (Phi) is 5.10. The van der Waals surface area contributed by atoms with Crippen LogP contribution in [0.1, 0.15) is 39.5 Å². The van der Waals surface area contributed by atoms with E-state index < -0.39 is 27.7 Å². The van der Waals surface area contributed by atoms with Crippen LogP contribution in [0.25, 0.3) is 0 Å². The number of carbonyl (C=O) groups is 1. The van der Waals surface area contributed by atoms with E-state index in [0.29, 0.717) is 5.76 Å². The van der Waals surface area contributed by atoms with E-state index in [0.717, 1.165) is 0 Å². The number of esters is 1. The third kappa shape index (κ3) is 3.96. The number of nitrogens with one attached hydrogen (secondary N) is 1. The molecule has 0 spiro atoms. The van der Waals surface area contributed by atoms with Gasteiger partial charge in [-0.15, -0.1) is 0 Å². The SMILES string of the molecule is CCOC(=O)[C@@H](N[S@@](=O)C(C)(C)C)c1ccco1. The molecule has 0 aliphatic rings. The molecule has 0 saturated carbocycles. The highest BCUT2D eigenvalue weighted by Gasteiger charge is 2.30. The van der Waals surface area contributed by atoms with Gasteiger partial charge in [-0.25, -0.2) is 13.7 Å². The van der Waals surface area contributed by atoms with Gasteiger partial charge in [-0.1, -0.05) is 0 Å². The lowest BCUT2D eigenvalue weighted by Gasteiger charge is -2.22. The van der Waals surface area contributed by atoms with Gasteiger partial charge in [-0.3, -0.25) is 0 Å². The third-order valence-electron chi connectivity index (χ3n) is 2.13.